The number of rotatable bonds is 10. The van der Waals surface area contributed by atoms with Crippen molar-refractivity contribution < 1.29 is 19.2 Å². The van der Waals surface area contributed by atoms with E-state index in [-0.39, 0.29) is 11.7 Å². The molecule has 0 unspecified atom stereocenters. The molecule has 1 N–H and O–H groups in total. The van der Waals surface area contributed by atoms with Crippen LogP contribution in [0.3, 0.4) is 0 Å². The molecule has 33 heavy (non-hydrogen) atoms. The van der Waals surface area contributed by atoms with Crippen molar-refractivity contribution in [3.63, 3.8) is 0 Å². The molecule has 172 valence electrons. The van der Waals surface area contributed by atoms with E-state index >= 15 is 0 Å². The molecule has 3 rings (SSSR count). The SMILES string of the molecule is COc1ccc(/C=C/C(=O)NCCn2nc([N+](=O)[O-])cc2C)cc1COc1ccccc1C. The Kier molecular flexibility index (Phi) is 7.80. The van der Waals surface area contributed by atoms with Gasteiger partial charge in [-0.2, -0.15) is 4.68 Å². The Bertz CT molecular complexity index is 1170. The number of benzene rings is 2. The number of aromatic nitrogens is 2. The van der Waals surface area contributed by atoms with Crippen molar-refractivity contribution in [3.05, 3.63) is 87.1 Å². The Balaban J connectivity index is 1.57. The highest BCUT2D eigenvalue weighted by Gasteiger charge is 2.14. The van der Waals surface area contributed by atoms with Crippen molar-refractivity contribution in [2.24, 2.45) is 0 Å². The van der Waals surface area contributed by atoms with Gasteiger partial charge in [0.05, 0.1) is 30.5 Å². The summed E-state index contributed by atoms with van der Waals surface area (Å²) in [7, 11) is 1.60. The van der Waals surface area contributed by atoms with Gasteiger partial charge >= 0.3 is 5.82 Å². The summed E-state index contributed by atoms with van der Waals surface area (Å²) >= 11 is 0. The summed E-state index contributed by atoms with van der Waals surface area (Å²) in [6.45, 7) is 4.67. The Morgan fingerprint density at radius 1 is 1.18 bits per heavy atom. The quantitative estimate of drug-likeness (QED) is 0.286. The molecule has 0 spiro atoms. The summed E-state index contributed by atoms with van der Waals surface area (Å²) in [5.41, 5.74) is 3.39. The van der Waals surface area contributed by atoms with Crippen LogP contribution in [0.1, 0.15) is 22.4 Å². The highest BCUT2D eigenvalue weighted by atomic mass is 16.6. The van der Waals surface area contributed by atoms with E-state index in [1.165, 1.54) is 16.8 Å². The molecule has 0 aliphatic heterocycles. The van der Waals surface area contributed by atoms with Crippen molar-refractivity contribution in [2.45, 2.75) is 27.0 Å². The first kappa shape index (κ1) is 23.5. The first-order valence-corrected chi connectivity index (χ1v) is 10.4. The van der Waals surface area contributed by atoms with Crippen molar-refractivity contribution >= 4 is 17.8 Å². The second-order valence-electron chi connectivity index (χ2n) is 7.37. The maximum absolute atomic E-state index is 12.2. The number of aryl methyl sites for hydroxylation is 2. The van der Waals surface area contributed by atoms with Crippen LogP contribution in [-0.2, 0) is 17.9 Å². The van der Waals surface area contributed by atoms with E-state index in [1.54, 1.807) is 20.1 Å². The van der Waals surface area contributed by atoms with Crippen LogP contribution in [0.25, 0.3) is 6.08 Å². The standard InChI is InChI=1S/C24H26N4O5/c1-17-6-4-5-7-21(17)33-16-20-15-19(8-10-22(20)32-3)9-11-24(29)25-12-13-27-18(2)14-23(26-27)28(30)31/h4-11,14-15H,12-13,16H2,1-3H3,(H,25,29)/b11-9+. The van der Waals surface area contributed by atoms with Crippen molar-refractivity contribution in [2.75, 3.05) is 13.7 Å². The van der Waals surface area contributed by atoms with Gasteiger partial charge in [0.15, 0.2) is 0 Å². The Labute approximate surface area is 191 Å². The largest absolute Gasteiger partial charge is 0.496 e. The molecule has 1 amide bonds. The number of nitrogens with one attached hydrogen (secondary N) is 1. The molecule has 1 aromatic heterocycles. The fourth-order valence-electron chi connectivity index (χ4n) is 3.21. The monoisotopic (exact) mass is 450 g/mol. The number of nitrogens with zero attached hydrogens (tertiary/aromatic N) is 3. The normalized spacial score (nSPS) is 10.9. The number of ether oxygens (including phenoxy) is 2. The Morgan fingerprint density at radius 2 is 1.97 bits per heavy atom. The third-order valence-corrected chi connectivity index (χ3v) is 4.99. The van der Waals surface area contributed by atoms with Gasteiger partial charge in [-0.05, 0) is 54.2 Å². The van der Waals surface area contributed by atoms with Gasteiger partial charge in [0.1, 0.15) is 18.1 Å². The first-order valence-electron chi connectivity index (χ1n) is 10.4. The molecule has 1 heterocycles. The van der Waals surface area contributed by atoms with Gasteiger partial charge in [0.2, 0.25) is 5.91 Å². The van der Waals surface area contributed by atoms with Crippen LogP contribution < -0.4 is 14.8 Å². The highest BCUT2D eigenvalue weighted by Crippen LogP contribution is 2.24. The maximum atomic E-state index is 12.2. The van der Waals surface area contributed by atoms with Crippen LogP contribution in [-0.4, -0.2) is 34.3 Å². The zero-order valence-corrected chi connectivity index (χ0v) is 18.8. The molecule has 9 heteroatoms. The van der Waals surface area contributed by atoms with Crippen LogP contribution in [0.2, 0.25) is 0 Å². The van der Waals surface area contributed by atoms with Gasteiger partial charge in [-0.3, -0.25) is 4.79 Å². The van der Waals surface area contributed by atoms with Crippen LogP contribution in [0.4, 0.5) is 5.82 Å². The number of para-hydroxylation sites is 1. The van der Waals surface area contributed by atoms with E-state index in [0.29, 0.717) is 31.1 Å². The number of nitro groups is 1. The predicted molar refractivity (Wildman–Crippen MR) is 124 cm³/mol. The van der Waals surface area contributed by atoms with E-state index in [9.17, 15) is 14.9 Å². The van der Waals surface area contributed by atoms with Gasteiger partial charge < -0.3 is 24.9 Å². The number of carbonyl (C=O) groups excluding carboxylic acids is 1. The minimum Gasteiger partial charge on any atom is -0.496 e. The average molecular weight is 450 g/mol. The zero-order chi connectivity index (χ0) is 23.8. The third-order valence-electron chi connectivity index (χ3n) is 4.99. The van der Waals surface area contributed by atoms with Crippen molar-refractivity contribution in [3.8, 4) is 11.5 Å². The summed E-state index contributed by atoms with van der Waals surface area (Å²) in [6.07, 6.45) is 3.14. The van der Waals surface area contributed by atoms with Gasteiger partial charge in [-0.25, -0.2) is 0 Å². The highest BCUT2D eigenvalue weighted by molar-refractivity contribution is 5.91. The van der Waals surface area contributed by atoms with E-state index in [2.05, 4.69) is 10.4 Å². The maximum Gasteiger partial charge on any atom is 0.390 e. The van der Waals surface area contributed by atoms with E-state index in [0.717, 1.165) is 22.4 Å². The summed E-state index contributed by atoms with van der Waals surface area (Å²) in [5.74, 6) is 1.02. The molecule has 0 bridgehead atoms. The molecule has 0 saturated heterocycles. The number of amides is 1. The van der Waals surface area contributed by atoms with E-state index in [4.69, 9.17) is 9.47 Å². The number of methoxy groups -OCH3 is 1. The lowest BCUT2D eigenvalue weighted by Crippen LogP contribution is -2.26. The molecule has 0 radical (unpaired) electrons. The molecule has 2 aromatic carbocycles. The Hall–Kier alpha value is -4.14. The average Bonchev–Trinajstić information content (AvgIpc) is 3.18. The topological polar surface area (TPSA) is 109 Å². The molecule has 0 fully saturated rings. The lowest BCUT2D eigenvalue weighted by molar-refractivity contribution is -0.389. The smallest absolute Gasteiger partial charge is 0.390 e. The number of carbonyl (C=O) groups is 1. The molecule has 0 atom stereocenters. The van der Waals surface area contributed by atoms with Gasteiger partial charge in [-0.15, -0.1) is 0 Å². The van der Waals surface area contributed by atoms with Gasteiger partial charge in [0, 0.05) is 18.2 Å². The lowest BCUT2D eigenvalue weighted by atomic mass is 10.1. The molecule has 9 nitrogen and oxygen atoms in total. The second kappa shape index (κ2) is 10.9. The van der Waals surface area contributed by atoms with Crippen LogP contribution >= 0.6 is 0 Å². The fraction of sp³-hybridized carbons (Fsp3) is 0.250. The van der Waals surface area contributed by atoms with Gasteiger partial charge in [0.25, 0.3) is 0 Å². The number of hydrogen-bond acceptors (Lipinski definition) is 6. The summed E-state index contributed by atoms with van der Waals surface area (Å²) in [4.78, 5) is 22.4. The first-order chi connectivity index (χ1) is 15.9. The van der Waals surface area contributed by atoms with Crippen LogP contribution in [0, 0.1) is 24.0 Å². The molecule has 3 aromatic rings. The molecule has 0 saturated carbocycles. The molecule has 0 aliphatic carbocycles. The predicted octanol–water partition coefficient (Wildman–Crippen LogP) is 3.83. The number of hydrogen-bond donors (Lipinski definition) is 1. The van der Waals surface area contributed by atoms with Gasteiger partial charge in [-0.1, -0.05) is 24.3 Å². The Morgan fingerprint density at radius 3 is 2.67 bits per heavy atom. The summed E-state index contributed by atoms with van der Waals surface area (Å²) in [5, 5.41) is 17.4. The third kappa shape index (κ3) is 6.42. The second-order valence-corrected chi connectivity index (χ2v) is 7.37. The zero-order valence-electron chi connectivity index (χ0n) is 18.8. The minimum absolute atomic E-state index is 0.208. The van der Waals surface area contributed by atoms with E-state index in [1.807, 2.05) is 49.4 Å². The van der Waals surface area contributed by atoms with Crippen LogP contribution in [0.15, 0.2) is 54.6 Å². The lowest BCUT2D eigenvalue weighted by Gasteiger charge is -2.12. The fourth-order valence-corrected chi connectivity index (χ4v) is 3.21. The summed E-state index contributed by atoms with van der Waals surface area (Å²) in [6, 6.07) is 14.8. The summed E-state index contributed by atoms with van der Waals surface area (Å²) < 4.78 is 12.9. The molecular formula is C24H26N4O5. The van der Waals surface area contributed by atoms with Crippen molar-refractivity contribution in [1.82, 2.24) is 15.1 Å². The van der Waals surface area contributed by atoms with Crippen molar-refractivity contribution in [1.29, 1.82) is 0 Å². The van der Waals surface area contributed by atoms with E-state index < -0.39 is 4.92 Å². The molecule has 0 aliphatic rings. The van der Waals surface area contributed by atoms with Crippen LogP contribution in [0.5, 0.6) is 11.5 Å². The molecular weight excluding hydrogens is 424 g/mol. The minimum atomic E-state index is -0.542.